The maximum atomic E-state index is 12.7. The Kier molecular flexibility index (Phi) is 6.62. The maximum Gasteiger partial charge on any atom is 0.336 e. The van der Waals surface area contributed by atoms with Crippen molar-refractivity contribution in [2.75, 3.05) is 0 Å². The molecule has 1 aromatic heterocycles. The molecule has 150 valence electrons. The van der Waals surface area contributed by atoms with E-state index >= 15 is 0 Å². The van der Waals surface area contributed by atoms with Gasteiger partial charge in [0.1, 0.15) is 0 Å². The number of carbonyl (C=O) groups is 1. The van der Waals surface area contributed by atoms with Crippen molar-refractivity contribution >= 4 is 5.97 Å². The zero-order valence-electron chi connectivity index (χ0n) is 16.5. The summed E-state index contributed by atoms with van der Waals surface area (Å²) in [4.78, 5) is 24.2. The predicted octanol–water partition coefficient (Wildman–Crippen LogP) is 4.10. The molecule has 0 bridgehead atoms. The number of aryl methyl sites for hydroxylation is 1. The summed E-state index contributed by atoms with van der Waals surface area (Å²) < 4.78 is 1.72. The topological polar surface area (TPSA) is 79.5 Å². The first kappa shape index (κ1) is 20.6. The van der Waals surface area contributed by atoms with Crippen LogP contribution in [0.1, 0.15) is 46.9 Å². The van der Waals surface area contributed by atoms with E-state index in [9.17, 15) is 19.8 Å². The molecule has 2 aromatic carbocycles. The Morgan fingerprint density at radius 3 is 2.38 bits per heavy atom. The molecule has 0 amide bonds. The lowest BCUT2D eigenvalue weighted by molar-refractivity contribution is 0.0697. The van der Waals surface area contributed by atoms with Gasteiger partial charge in [0, 0.05) is 11.3 Å². The molecule has 0 spiro atoms. The monoisotopic (exact) mass is 391 g/mol. The number of aromatic nitrogens is 1. The van der Waals surface area contributed by atoms with Gasteiger partial charge in [0.25, 0.3) is 5.56 Å². The van der Waals surface area contributed by atoms with E-state index in [4.69, 9.17) is 0 Å². The molecule has 0 aliphatic carbocycles. The predicted molar refractivity (Wildman–Crippen MR) is 113 cm³/mol. The highest BCUT2D eigenvalue weighted by Gasteiger charge is 2.12. The van der Waals surface area contributed by atoms with Crippen LogP contribution in [0.15, 0.2) is 65.5 Å². The van der Waals surface area contributed by atoms with Gasteiger partial charge in [0.15, 0.2) is 0 Å². The third-order valence-corrected chi connectivity index (χ3v) is 5.06. The lowest BCUT2D eigenvalue weighted by Crippen LogP contribution is -2.27. The first-order valence-electron chi connectivity index (χ1n) is 9.79. The highest BCUT2D eigenvalue weighted by molar-refractivity contribution is 5.95. The van der Waals surface area contributed by atoms with Gasteiger partial charge in [0.2, 0.25) is 0 Å². The lowest BCUT2D eigenvalue weighted by atomic mass is 9.98. The first-order chi connectivity index (χ1) is 14.0. The minimum absolute atomic E-state index is 0.165. The Bertz CT molecular complexity index is 1050. The lowest BCUT2D eigenvalue weighted by Gasteiger charge is -2.15. The minimum Gasteiger partial charge on any atom is -0.478 e. The van der Waals surface area contributed by atoms with Crippen LogP contribution >= 0.6 is 0 Å². The molecule has 2 N–H and O–H groups in total. The van der Waals surface area contributed by atoms with Crippen molar-refractivity contribution in [3.05, 3.63) is 93.4 Å². The van der Waals surface area contributed by atoms with Crippen molar-refractivity contribution in [1.82, 2.24) is 4.57 Å². The first-order valence-corrected chi connectivity index (χ1v) is 9.79. The van der Waals surface area contributed by atoms with E-state index in [0.29, 0.717) is 17.7 Å². The van der Waals surface area contributed by atoms with Crippen LogP contribution in [0.25, 0.3) is 11.1 Å². The Balaban J connectivity index is 1.93. The number of benzene rings is 2. The molecule has 0 fully saturated rings. The number of nitrogens with zero attached hydrogens (tertiary/aromatic N) is 1. The SMILES string of the molecule is CCCCc1ccc(CO)c(=O)n1Cc1ccc(-c2ccccc2C(=O)O)cc1. The second-order valence-electron chi connectivity index (χ2n) is 7.05. The van der Waals surface area contributed by atoms with Gasteiger partial charge < -0.3 is 14.8 Å². The summed E-state index contributed by atoms with van der Waals surface area (Å²) in [5.41, 5.74) is 3.85. The van der Waals surface area contributed by atoms with Crippen LogP contribution in [0.3, 0.4) is 0 Å². The normalized spacial score (nSPS) is 10.8. The van der Waals surface area contributed by atoms with E-state index < -0.39 is 5.97 Å². The molecule has 29 heavy (non-hydrogen) atoms. The fourth-order valence-electron chi connectivity index (χ4n) is 3.43. The van der Waals surface area contributed by atoms with Crippen LogP contribution in [-0.2, 0) is 19.6 Å². The van der Waals surface area contributed by atoms with Gasteiger partial charge in [-0.3, -0.25) is 4.79 Å². The minimum atomic E-state index is -0.961. The number of carboxylic acid groups (broad SMARTS) is 1. The van der Waals surface area contributed by atoms with Crippen molar-refractivity contribution < 1.29 is 15.0 Å². The quantitative estimate of drug-likeness (QED) is 0.606. The summed E-state index contributed by atoms with van der Waals surface area (Å²) >= 11 is 0. The second-order valence-corrected chi connectivity index (χ2v) is 7.05. The smallest absolute Gasteiger partial charge is 0.336 e. The van der Waals surface area contributed by atoms with Crippen molar-refractivity contribution in [3.63, 3.8) is 0 Å². The molecule has 0 unspecified atom stereocenters. The number of hydrogen-bond acceptors (Lipinski definition) is 3. The zero-order valence-corrected chi connectivity index (χ0v) is 16.5. The van der Waals surface area contributed by atoms with E-state index in [0.717, 1.165) is 36.1 Å². The number of rotatable bonds is 8. The molecule has 0 atom stereocenters. The van der Waals surface area contributed by atoms with Crippen LogP contribution in [0.2, 0.25) is 0 Å². The molecule has 0 aliphatic rings. The Hall–Kier alpha value is -3.18. The number of pyridine rings is 1. The molecule has 5 nitrogen and oxygen atoms in total. The van der Waals surface area contributed by atoms with E-state index in [2.05, 4.69) is 6.92 Å². The molecule has 1 heterocycles. The Labute approximate surface area is 169 Å². The number of hydrogen-bond donors (Lipinski definition) is 2. The van der Waals surface area contributed by atoms with Gasteiger partial charge in [-0.25, -0.2) is 4.79 Å². The van der Waals surface area contributed by atoms with Crippen LogP contribution in [0.5, 0.6) is 0 Å². The van der Waals surface area contributed by atoms with E-state index in [-0.39, 0.29) is 17.7 Å². The molecule has 3 aromatic rings. The highest BCUT2D eigenvalue weighted by Crippen LogP contribution is 2.24. The van der Waals surface area contributed by atoms with Gasteiger partial charge in [0.05, 0.1) is 18.7 Å². The van der Waals surface area contributed by atoms with Crippen LogP contribution < -0.4 is 5.56 Å². The molecule has 3 rings (SSSR count). The molecule has 5 heteroatoms. The largest absolute Gasteiger partial charge is 0.478 e. The Morgan fingerprint density at radius 2 is 1.72 bits per heavy atom. The second kappa shape index (κ2) is 9.34. The molecular weight excluding hydrogens is 366 g/mol. The van der Waals surface area contributed by atoms with Gasteiger partial charge >= 0.3 is 5.97 Å². The summed E-state index contributed by atoms with van der Waals surface area (Å²) in [5, 5.41) is 18.8. The van der Waals surface area contributed by atoms with Crippen LogP contribution in [0, 0.1) is 0 Å². The molecule has 0 saturated heterocycles. The highest BCUT2D eigenvalue weighted by atomic mass is 16.4. The van der Waals surface area contributed by atoms with E-state index in [1.54, 1.807) is 28.8 Å². The van der Waals surface area contributed by atoms with Gasteiger partial charge in [-0.15, -0.1) is 0 Å². The number of aliphatic hydroxyl groups is 1. The van der Waals surface area contributed by atoms with E-state index in [1.807, 2.05) is 36.4 Å². The fraction of sp³-hybridized carbons (Fsp3) is 0.250. The van der Waals surface area contributed by atoms with Crippen LogP contribution in [-0.4, -0.2) is 20.7 Å². The average Bonchev–Trinajstić information content (AvgIpc) is 2.74. The third kappa shape index (κ3) is 4.63. The summed E-state index contributed by atoms with van der Waals surface area (Å²) in [6, 6.07) is 18.1. The maximum absolute atomic E-state index is 12.7. The third-order valence-electron chi connectivity index (χ3n) is 5.06. The van der Waals surface area contributed by atoms with Crippen molar-refractivity contribution in [2.24, 2.45) is 0 Å². The summed E-state index contributed by atoms with van der Waals surface area (Å²) in [6.45, 7) is 2.24. The van der Waals surface area contributed by atoms with Crippen LogP contribution in [0.4, 0.5) is 0 Å². The molecule has 0 saturated carbocycles. The average molecular weight is 391 g/mol. The Morgan fingerprint density at radius 1 is 1.00 bits per heavy atom. The van der Waals surface area contributed by atoms with Crippen molar-refractivity contribution in [3.8, 4) is 11.1 Å². The van der Waals surface area contributed by atoms with Crippen molar-refractivity contribution in [1.29, 1.82) is 0 Å². The summed E-state index contributed by atoms with van der Waals surface area (Å²) in [7, 11) is 0. The zero-order chi connectivity index (χ0) is 20.8. The summed E-state index contributed by atoms with van der Waals surface area (Å²) in [6.07, 6.45) is 2.83. The van der Waals surface area contributed by atoms with E-state index in [1.165, 1.54) is 0 Å². The van der Waals surface area contributed by atoms with Crippen molar-refractivity contribution in [2.45, 2.75) is 39.3 Å². The number of unbranched alkanes of at least 4 members (excludes halogenated alkanes) is 1. The van der Waals surface area contributed by atoms with Gasteiger partial charge in [-0.05, 0) is 47.7 Å². The number of aromatic carboxylic acids is 1. The molecular formula is C24H25NO4. The molecule has 0 aliphatic heterocycles. The fourth-order valence-corrected chi connectivity index (χ4v) is 3.43. The number of aliphatic hydroxyl groups excluding tert-OH is 1. The van der Waals surface area contributed by atoms with Gasteiger partial charge in [-0.1, -0.05) is 55.8 Å². The summed E-state index contributed by atoms with van der Waals surface area (Å²) in [5.74, 6) is -0.961. The van der Waals surface area contributed by atoms with Gasteiger partial charge in [-0.2, -0.15) is 0 Å². The standard InChI is InChI=1S/C24H25NO4/c1-2-3-6-20-14-13-19(16-26)23(27)25(20)15-17-9-11-18(12-10-17)21-7-4-5-8-22(21)24(28)29/h4-5,7-14,26H,2-3,6,15-16H2,1H3,(H,28,29). The molecule has 0 radical (unpaired) electrons. The number of carboxylic acids is 1.